The highest BCUT2D eigenvalue weighted by molar-refractivity contribution is 4.94. The minimum atomic E-state index is 0.706. The average molecular weight is 252 g/mol. The predicted molar refractivity (Wildman–Crippen MR) is 78.8 cm³/mol. The summed E-state index contributed by atoms with van der Waals surface area (Å²) in [6.07, 6.45) is 7.00. The Morgan fingerprint density at radius 1 is 0.944 bits per heavy atom. The van der Waals surface area contributed by atoms with Gasteiger partial charge in [-0.3, -0.25) is 4.90 Å². The summed E-state index contributed by atoms with van der Waals surface area (Å²) in [5.41, 5.74) is 0. The predicted octanol–water partition coefficient (Wildman–Crippen LogP) is 3.13. The minimum absolute atomic E-state index is 0.706. The molecule has 0 aromatic rings. The van der Waals surface area contributed by atoms with Crippen molar-refractivity contribution in [3.05, 3.63) is 0 Å². The Morgan fingerprint density at radius 3 is 2.44 bits per heavy atom. The van der Waals surface area contributed by atoms with E-state index in [-0.39, 0.29) is 0 Å². The second kappa shape index (κ2) is 6.38. The largest absolute Gasteiger partial charge is 0.315 e. The minimum Gasteiger partial charge on any atom is -0.315 e. The third kappa shape index (κ3) is 3.27. The third-order valence-electron chi connectivity index (χ3n) is 5.27. The van der Waals surface area contributed by atoms with Gasteiger partial charge in [-0.15, -0.1) is 0 Å². The molecule has 1 aliphatic carbocycles. The van der Waals surface area contributed by atoms with Crippen LogP contribution in [0.25, 0.3) is 0 Å². The first-order valence-corrected chi connectivity index (χ1v) is 8.03. The van der Waals surface area contributed by atoms with Crippen LogP contribution in [0, 0.1) is 17.8 Å². The molecular weight excluding hydrogens is 220 g/mol. The van der Waals surface area contributed by atoms with Crippen LogP contribution in [0.4, 0.5) is 0 Å². The summed E-state index contributed by atoms with van der Waals surface area (Å²) in [4.78, 5) is 2.81. The lowest BCUT2D eigenvalue weighted by atomic mass is 9.75. The van der Waals surface area contributed by atoms with Gasteiger partial charge in [-0.05, 0) is 70.0 Å². The van der Waals surface area contributed by atoms with Gasteiger partial charge in [0.05, 0.1) is 0 Å². The van der Waals surface area contributed by atoms with Crippen molar-refractivity contribution in [3.8, 4) is 0 Å². The topological polar surface area (TPSA) is 15.3 Å². The molecule has 2 aliphatic rings. The van der Waals surface area contributed by atoms with Gasteiger partial charge in [-0.2, -0.15) is 0 Å². The zero-order valence-electron chi connectivity index (χ0n) is 12.8. The summed E-state index contributed by atoms with van der Waals surface area (Å²) in [7, 11) is 2.16. The molecule has 2 rings (SSSR count). The first-order valence-electron chi connectivity index (χ1n) is 8.03. The molecule has 0 radical (unpaired) electrons. The summed E-state index contributed by atoms with van der Waals surface area (Å²) < 4.78 is 0. The standard InChI is InChI=1S/C16H32N2/c1-12-6-5-8-18(9-7-12)16-14(3)10-13(2)11-15(16)17-4/h12-17H,5-11H2,1-4H3. The molecule has 0 spiro atoms. The van der Waals surface area contributed by atoms with Gasteiger partial charge < -0.3 is 5.32 Å². The van der Waals surface area contributed by atoms with Crippen molar-refractivity contribution >= 4 is 0 Å². The fourth-order valence-electron chi connectivity index (χ4n) is 4.33. The lowest BCUT2D eigenvalue weighted by Crippen LogP contribution is -2.56. The lowest BCUT2D eigenvalue weighted by Gasteiger charge is -2.45. The molecule has 1 saturated heterocycles. The van der Waals surface area contributed by atoms with E-state index in [4.69, 9.17) is 0 Å². The number of nitrogens with one attached hydrogen (secondary N) is 1. The molecule has 0 amide bonds. The van der Waals surface area contributed by atoms with Crippen LogP contribution in [0.5, 0.6) is 0 Å². The molecule has 0 bridgehead atoms. The number of nitrogens with zero attached hydrogens (tertiary/aromatic N) is 1. The first kappa shape index (κ1) is 14.3. The van der Waals surface area contributed by atoms with Crippen molar-refractivity contribution in [2.24, 2.45) is 17.8 Å². The Balaban J connectivity index is 2.03. The van der Waals surface area contributed by atoms with Gasteiger partial charge in [-0.25, -0.2) is 0 Å². The normalized spacial score (nSPS) is 43.7. The van der Waals surface area contributed by atoms with E-state index < -0.39 is 0 Å². The van der Waals surface area contributed by atoms with Gasteiger partial charge in [0.2, 0.25) is 0 Å². The SMILES string of the molecule is CNC1CC(C)CC(C)C1N1CCCC(C)CC1. The molecule has 1 heterocycles. The van der Waals surface area contributed by atoms with Crippen LogP contribution in [-0.2, 0) is 0 Å². The zero-order valence-corrected chi connectivity index (χ0v) is 12.8. The van der Waals surface area contributed by atoms with E-state index in [0.717, 1.165) is 23.8 Å². The van der Waals surface area contributed by atoms with Crippen LogP contribution in [0.15, 0.2) is 0 Å². The molecule has 2 fully saturated rings. The van der Waals surface area contributed by atoms with Crippen LogP contribution in [0.1, 0.15) is 52.9 Å². The quantitative estimate of drug-likeness (QED) is 0.812. The summed E-state index contributed by atoms with van der Waals surface area (Å²) in [5.74, 6) is 2.67. The molecule has 106 valence electrons. The van der Waals surface area contributed by atoms with Gasteiger partial charge in [0.15, 0.2) is 0 Å². The number of likely N-dealkylation sites (tertiary alicyclic amines) is 1. The molecule has 0 aromatic heterocycles. The second-order valence-electron chi connectivity index (χ2n) is 7.01. The fourth-order valence-corrected chi connectivity index (χ4v) is 4.33. The number of rotatable bonds is 2. The highest BCUT2D eigenvalue weighted by Gasteiger charge is 2.37. The summed E-state index contributed by atoms with van der Waals surface area (Å²) in [5, 5.41) is 3.60. The third-order valence-corrected chi connectivity index (χ3v) is 5.27. The van der Waals surface area contributed by atoms with Gasteiger partial charge in [0.1, 0.15) is 0 Å². The Kier molecular flexibility index (Phi) is 5.08. The molecule has 0 aromatic carbocycles. The van der Waals surface area contributed by atoms with Crippen LogP contribution >= 0.6 is 0 Å². The second-order valence-corrected chi connectivity index (χ2v) is 7.01. The van der Waals surface area contributed by atoms with Crippen molar-refractivity contribution in [1.82, 2.24) is 10.2 Å². The Bertz CT molecular complexity index is 253. The highest BCUT2D eigenvalue weighted by Crippen LogP contribution is 2.33. The molecule has 1 aliphatic heterocycles. The van der Waals surface area contributed by atoms with Crippen molar-refractivity contribution in [3.63, 3.8) is 0 Å². The molecule has 5 atom stereocenters. The number of hydrogen-bond acceptors (Lipinski definition) is 2. The van der Waals surface area contributed by atoms with Crippen molar-refractivity contribution in [1.29, 1.82) is 0 Å². The van der Waals surface area contributed by atoms with E-state index in [2.05, 4.69) is 38.0 Å². The van der Waals surface area contributed by atoms with E-state index in [1.807, 2.05) is 0 Å². The lowest BCUT2D eigenvalue weighted by molar-refractivity contribution is 0.0659. The summed E-state index contributed by atoms with van der Waals surface area (Å²) >= 11 is 0. The van der Waals surface area contributed by atoms with E-state index in [0.29, 0.717) is 6.04 Å². The number of hydrogen-bond donors (Lipinski definition) is 1. The molecular formula is C16H32N2. The van der Waals surface area contributed by atoms with Crippen LogP contribution in [0.3, 0.4) is 0 Å². The van der Waals surface area contributed by atoms with E-state index in [1.54, 1.807) is 0 Å². The smallest absolute Gasteiger partial charge is 0.0274 e. The average Bonchev–Trinajstić information content (AvgIpc) is 2.53. The zero-order chi connectivity index (χ0) is 13.1. The monoisotopic (exact) mass is 252 g/mol. The summed E-state index contributed by atoms with van der Waals surface area (Å²) in [6, 6.07) is 1.48. The van der Waals surface area contributed by atoms with Gasteiger partial charge in [-0.1, -0.05) is 20.8 Å². The van der Waals surface area contributed by atoms with Crippen molar-refractivity contribution in [2.75, 3.05) is 20.1 Å². The van der Waals surface area contributed by atoms with E-state index in [1.165, 1.54) is 45.2 Å². The molecule has 1 saturated carbocycles. The maximum absolute atomic E-state index is 3.60. The maximum Gasteiger partial charge on any atom is 0.0274 e. The molecule has 1 N–H and O–H groups in total. The van der Waals surface area contributed by atoms with Gasteiger partial charge in [0.25, 0.3) is 0 Å². The molecule has 5 unspecified atom stereocenters. The van der Waals surface area contributed by atoms with Crippen LogP contribution < -0.4 is 5.32 Å². The van der Waals surface area contributed by atoms with Gasteiger partial charge in [0, 0.05) is 12.1 Å². The first-order chi connectivity index (χ1) is 8.61. The molecule has 2 nitrogen and oxygen atoms in total. The maximum atomic E-state index is 3.60. The fraction of sp³-hybridized carbons (Fsp3) is 1.00. The highest BCUT2D eigenvalue weighted by atomic mass is 15.2. The van der Waals surface area contributed by atoms with Crippen molar-refractivity contribution < 1.29 is 0 Å². The molecule has 2 heteroatoms. The van der Waals surface area contributed by atoms with E-state index >= 15 is 0 Å². The summed E-state index contributed by atoms with van der Waals surface area (Å²) in [6.45, 7) is 9.96. The number of likely N-dealkylation sites (N-methyl/N-ethyl adjacent to an activating group) is 1. The van der Waals surface area contributed by atoms with Crippen LogP contribution in [0.2, 0.25) is 0 Å². The Morgan fingerprint density at radius 2 is 1.72 bits per heavy atom. The van der Waals surface area contributed by atoms with Crippen molar-refractivity contribution in [2.45, 2.75) is 65.0 Å². The van der Waals surface area contributed by atoms with Gasteiger partial charge >= 0.3 is 0 Å². The Labute approximate surface area is 114 Å². The molecule has 18 heavy (non-hydrogen) atoms. The van der Waals surface area contributed by atoms with E-state index in [9.17, 15) is 0 Å². The van der Waals surface area contributed by atoms with Crippen LogP contribution in [-0.4, -0.2) is 37.1 Å². The Hall–Kier alpha value is -0.0800.